The Bertz CT molecular complexity index is 339. The van der Waals surface area contributed by atoms with E-state index in [2.05, 4.69) is 19.2 Å². The van der Waals surface area contributed by atoms with Crippen LogP contribution in [0.4, 0.5) is 4.79 Å². The largest absolute Gasteiger partial charge is 0.444 e. The van der Waals surface area contributed by atoms with Crippen LogP contribution in [-0.2, 0) is 4.74 Å². The molecule has 0 radical (unpaired) electrons. The summed E-state index contributed by atoms with van der Waals surface area (Å²) in [5.74, 6) is 0.758. The third-order valence-corrected chi connectivity index (χ3v) is 4.61. The Labute approximate surface area is 143 Å². The van der Waals surface area contributed by atoms with Gasteiger partial charge in [-0.1, -0.05) is 33.1 Å². The van der Waals surface area contributed by atoms with Crippen molar-refractivity contribution in [2.75, 3.05) is 19.6 Å². The Morgan fingerprint density at radius 2 is 2.04 bits per heavy atom. The summed E-state index contributed by atoms with van der Waals surface area (Å²) >= 11 is 0. The highest BCUT2D eigenvalue weighted by atomic mass is 16.6. The van der Waals surface area contributed by atoms with Gasteiger partial charge in [0, 0.05) is 19.1 Å². The molecule has 1 N–H and O–H groups in total. The minimum absolute atomic E-state index is 0.151. The first-order chi connectivity index (χ1) is 10.9. The lowest BCUT2D eigenvalue weighted by molar-refractivity contribution is 0.00987. The number of carbonyl (C=O) groups excluding carboxylic acids is 1. The molecule has 0 spiro atoms. The Balaban J connectivity index is 2.44. The molecule has 0 aliphatic carbocycles. The van der Waals surface area contributed by atoms with Gasteiger partial charge in [-0.3, -0.25) is 0 Å². The highest BCUT2D eigenvalue weighted by Gasteiger charge is 2.30. The maximum absolute atomic E-state index is 12.4. The van der Waals surface area contributed by atoms with Crippen LogP contribution in [-0.4, -0.2) is 42.3 Å². The third kappa shape index (κ3) is 8.05. The molecule has 4 heteroatoms. The molecule has 2 unspecified atom stereocenters. The van der Waals surface area contributed by atoms with Crippen molar-refractivity contribution in [3.63, 3.8) is 0 Å². The maximum atomic E-state index is 12.4. The molecule has 0 aromatic carbocycles. The number of likely N-dealkylation sites (tertiary alicyclic amines) is 1. The minimum Gasteiger partial charge on any atom is -0.444 e. The summed E-state index contributed by atoms with van der Waals surface area (Å²) in [5.41, 5.74) is -0.417. The van der Waals surface area contributed by atoms with Gasteiger partial charge in [-0.05, 0) is 58.9 Å². The molecule has 136 valence electrons. The number of piperidine rings is 1. The van der Waals surface area contributed by atoms with Crippen LogP contribution in [0.15, 0.2) is 0 Å². The van der Waals surface area contributed by atoms with E-state index < -0.39 is 5.60 Å². The van der Waals surface area contributed by atoms with Crippen molar-refractivity contribution < 1.29 is 9.53 Å². The Kier molecular flexibility index (Phi) is 8.96. The number of carbonyl (C=O) groups is 1. The standard InChI is InChI=1S/C19H38N2O2/c1-6-8-11-16(7-2)14-20-15-17-12-9-10-13-21(17)18(22)23-19(3,4)5/h16-17,20H,6-15H2,1-5H3. The van der Waals surface area contributed by atoms with Gasteiger partial charge in [0.2, 0.25) is 0 Å². The fourth-order valence-corrected chi connectivity index (χ4v) is 3.17. The normalized spacial score (nSPS) is 20.4. The van der Waals surface area contributed by atoms with Crippen LogP contribution in [0.3, 0.4) is 0 Å². The van der Waals surface area contributed by atoms with E-state index in [0.29, 0.717) is 0 Å². The molecule has 0 aromatic rings. The van der Waals surface area contributed by atoms with Gasteiger partial charge >= 0.3 is 6.09 Å². The van der Waals surface area contributed by atoms with E-state index in [1.54, 1.807) is 0 Å². The van der Waals surface area contributed by atoms with Crippen LogP contribution in [0, 0.1) is 5.92 Å². The lowest BCUT2D eigenvalue weighted by Crippen LogP contribution is -2.50. The lowest BCUT2D eigenvalue weighted by Gasteiger charge is -2.37. The number of nitrogens with one attached hydrogen (secondary N) is 1. The zero-order valence-corrected chi connectivity index (χ0v) is 16.0. The Morgan fingerprint density at radius 3 is 2.65 bits per heavy atom. The number of hydrogen-bond donors (Lipinski definition) is 1. The monoisotopic (exact) mass is 326 g/mol. The predicted molar refractivity (Wildman–Crippen MR) is 96.8 cm³/mol. The fourth-order valence-electron chi connectivity index (χ4n) is 3.17. The van der Waals surface area contributed by atoms with Crippen LogP contribution >= 0.6 is 0 Å². The van der Waals surface area contributed by atoms with Crippen molar-refractivity contribution in [3.05, 3.63) is 0 Å². The zero-order chi connectivity index (χ0) is 17.3. The second-order valence-corrected chi connectivity index (χ2v) is 7.90. The van der Waals surface area contributed by atoms with Gasteiger partial charge in [-0.2, -0.15) is 0 Å². The summed E-state index contributed by atoms with van der Waals surface area (Å²) in [6.07, 6.45) is 8.34. The van der Waals surface area contributed by atoms with Crippen molar-refractivity contribution in [2.24, 2.45) is 5.92 Å². The number of unbranched alkanes of at least 4 members (excludes halogenated alkanes) is 1. The van der Waals surface area contributed by atoms with Crippen LogP contribution in [0.25, 0.3) is 0 Å². The summed E-state index contributed by atoms with van der Waals surface area (Å²) in [4.78, 5) is 14.3. The summed E-state index contributed by atoms with van der Waals surface area (Å²) in [6, 6.07) is 0.280. The van der Waals surface area contributed by atoms with Crippen LogP contribution in [0.1, 0.15) is 79.6 Å². The minimum atomic E-state index is -0.417. The molecule has 1 saturated heterocycles. The van der Waals surface area contributed by atoms with Gasteiger partial charge in [0.05, 0.1) is 0 Å². The number of ether oxygens (including phenoxy) is 1. The van der Waals surface area contributed by atoms with E-state index in [4.69, 9.17) is 4.74 Å². The third-order valence-electron chi connectivity index (χ3n) is 4.61. The van der Waals surface area contributed by atoms with Gasteiger partial charge in [-0.25, -0.2) is 4.79 Å². The van der Waals surface area contributed by atoms with Gasteiger partial charge in [0.1, 0.15) is 5.60 Å². The van der Waals surface area contributed by atoms with Gasteiger partial charge in [-0.15, -0.1) is 0 Å². The number of amides is 1. The summed E-state index contributed by atoms with van der Waals surface area (Å²) in [5, 5.41) is 3.61. The quantitative estimate of drug-likeness (QED) is 0.710. The average molecular weight is 327 g/mol. The highest BCUT2D eigenvalue weighted by Crippen LogP contribution is 2.20. The molecular formula is C19H38N2O2. The van der Waals surface area contributed by atoms with Crippen molar-refractivity contribution in [2.45, 2.75) is 91.2 Å². The molecule has 2 atom stereocenters. The molecule has 0 aromatic heterocycles. The van der Waals surface area contributed by atoms with Gasteiger partial charge < -0.3 is 15.0 Å². The number of nitrogens with zero attached hydrogens (tertiary/aromatic N) is 1. The molecule has 1 rings (SSSR count). The van der Waals surface area contributed by atoms with E-state index in [9.17, 15) is 4.79 Å². The smallest absolute Gasteiger partial charge is 0.410 e. The first kappa shape index (κ1) is 20.3. The SMILES string of the molecule is CCCCC(CC)CNCC1CCCCN1C(=O)OC(C)(C)C. The van der Waals surface area contributed by atoms with E-state index in [1.807, 2.05) is 25.7 Å². The fraction of sp³-hybridized carbons (Fsp3) is 0.947. The van der Waals surface area contributed by atoms with Crippen LogP contribution < -0.4 is 5.32 Å². The van der Waals surface area contributed by atoms with E-state index in [1.165, 1.54) is 32.1 Å². The molecule has 4 nitrogen and oxygen atoms in total. The van der Waals surface area contributed by atoms with E-state index >= 15 is 0 Å². The van der Waals surface area contributed by atoms with E-state index in [0.717, 1.165) is 38.4 Å². The van der Waals surface area contributed by atoms with Gasteiger partial charge in [0.25, 0.3) is 0 Å². The predicted octanol–water partition coefficient (Wildman–Crippen LogP) is 4.58. The molecule has 1 heterocycles. The van der Waals surface area contributed by atoms with Crippen LogP contribution in [0.2, 0.25) is 0 Å². The lowest BCUT2D eigenvalue weighted by atomic mass is 9.98. The zero-order valence-electron chi connectivity index (χ0n) is 16.0. The van der Waals surface area contributed by atoms with Crippen molar-refractivity contribution in [1.82, 2.24) is 10.2 Å². The number of hydrogen-bond acceptors (Lipinski definition) is 3. The van der Waals surface area contributed by atoms with Crippen LogP contribution in [0.5, 0.6) is 0 Å². The molecule has 0 saturated carbocycles. The molecule has 1 aliphatic rings. The molecular weight excluding hydrogens is 288 g/mol. The van der Waals surface area contributed by atoms with Crippen molar-refractivity contribution >= 4 is 6.09 Å². The summed E-state index contributed by atoms with van der Waals surface area (Å²) in [6.45, 7) is 13.1. The number of rotatable bonds is 8. The van der Waals surface area contributed by atoms with Crippen molar-refractivity contribution in [1.29, 1.82) is 0 Å². The highest BCUT2D eigenvalue weighted by molar-refractivity contribution is 5.68. The summed E-state index contributed by atoms with van der Waals surface area (Å²) in [7, 11) is 0. The molecule has 0 bridgehead atoms. The Hall–Kier alpha value is -0.770. The summed E-state index contributed by atoms with van der Waals surface area (Å²) < 4.78 is 5.57. The Morgan fingerprint density at radius 1 is 1.30 bits per heavy atom. The van der Waals surface area contributed by atoms with Gasteiger partial charge in [0.15, 0.2) is 0 Å². The first-order valence-electron chi connectivity index (χ1n) is 9.57. The maximum Gasteiger partial charge on any atom is 0.410 e. The average Bonchev–Trinajstić information content (AvgIpc) is 2.49. The molecule has 1 amide bonds. The van der Waals surface area contributed by atoms with Crippen molar-refractivity contribution in [3.8, 4) is 0 Å². The molecule has 23 heavy (non-hydrogen) atoms. The molecule has 1 aliphatic heterocycles. The topological polar surface area (TPSA) is 41.6 Å². The van der Waals surface area contributed by atoms with E-state index in [-0.39, 0.29) is 12.1 Å². The molecule has 1 fully saturated rings. The first-order valence-corrected chi connectivity index (χ1v) is 9.57. The second-order valence-electron chi connectivity index (χ2n) is 7.90. The second kappa shape index (κ2) is 10.2.